The summed E-state index contributed by atoms with van der Waals surface area (Å²) in [6, 6.07) is 7.87. The van der Waals surface area contributed by atoms with Gasteiger partial charge in [-0.2, -0.15) is 5.26 Å². The maximum atomic E-state index is 12.3. The Bertz CT molecular complexity index is 757. The Morgan fingerprint density at radius 2 is 1.90 bits per heavy atom. The molecular formula is C14H8N4O2. The summed E-state index contributed by atoms with van der Waals surface area (Å²) in [4.78, 5) is 29.4. The van der Waals surface area contributed by atoms with Gasteiger partial charge < -0.3 is 5.73 Å². The molecule has 3 rings (SSSR count). The Morgan fingerprint density at radius 3 is 2.55 bits per heavy atom. The van der Waals surface area contributed by atoms with E-state index in [1.165, 1.54) is 36.7 Å². The van der Waals surface area contributed by atoms with Crippen LogP contribution in [0.4, 0.5) is 11.4 Å². The molecule has 6 nitrogen and oxygen atoms in total. The number of imide groups is 1. The summed E-state index contributed by atoms with van der Waals surface area (Å²) in [7, 11) is 0. The SMILES string of the molecule is N#Cc1ccc(N2C(=O)c3ccncc3C2=O)c(N)c1. The van der Waals surface area contributed by atoms with Crippen LogP contribution < -0.4 is 10.6 Å². The van der Waals surface area contributed by atoms with Gasteiger partial charge in [0, 0.05) is 12.4 Å². The van der Waals surface area contributed by atoms with Crippen molar-refractivity contribution in [2.75, 3.05) is 10.6 Å². The first kappa shape index (κ1) is 11.9. The number of nitrogens with two attached hydrogens (primary N) is 1. The van der Waals surface area contributed by atoms with Crippen molar-refractivity contribution < 1.29 is 9.59 Å². The quantitative estimate of drug-likeness (QED) is 0.618. The number of nitriles is 1. The molecule has 1 aromatic carbocycles. The van der Waals surface area contributed by atoms with Crippen LogP contribution in [0, 0.1) is 11.3 Å². The Balaban J connectivity index is 2.12. The fraction of sp³-hybridized carbons (Fsp3) is 0. The van der Waals surface area contributed by atoms with Crippen molar-refractivity contribution in [3.05, 3.63) is 53.3 Å². The lowest BCUT2D eigenvalue weighted by molar-refractivity contribution is 0.0926. The smallest absolute Gasteiger partial charge is 0.267 e. The second-order valence-electron chi connectivity index (χ2n) is 4.25. The average Bonchev–Trinajstić information content (AvgIpc) is 2.72. The van der Waals surface area contributed by atoms with Crippen molar-refractivity contribution in [2.45, 2.75) is 0 Å². The lowest BCUT2D eigenvalue weighted by Crippen LogP contribution is -2.30. The minimum atomic E-state index is -0.463. The van der Waals surface area contributed by atoms with E-state index in [-0.39, 0.29) is 16.9 Å². The maximum Gasteiger partial charge on any atom is 0.267 e. The van der Waals surface area contributed by atoms with Crippen LogP contribution in [0.1, 0.15) is 26.3 Å². The second-order valence-corrected chi connectivity index (χ2v) is 4.25. The lowest BCUT2D eigenvalue weighted by atomic mass is 10.1. The van der Waals surface area contributed by atoms with Gasteiger partial charge in [0.1, 0.15) is 0 Å². The fourth-order valence-electron chi connectivity index (χ4n) is 2.13. The third-order valence-electron chi connectivity index (χ3n) is 3.09. The number of nitrogen functional groups attached to an aromatic ring is 1. The summed E-state index contributed by atoms with van der Waals surface area (Å²) in [5.74, 6) is -0.904. The Kier molecular flexibility index (Phi) is 2.48. The van der Waals surface area contributed by atoms with Crippen molar-refractivity contribution in [1.82, 2.24) is 4.98 Å². The van der Waals surface area contributed by atoms with Crippen molar-refractivity contribution in [3.8, 4) is 6.07 Å². The third-order valence-corrected chi connectivity index (χ3v) is 3.09. The molecule has 1 aliphatic heterocycles. The summed E-state index contributed by atoms with van der Waals surface area (Å²) in [5, 5.41) is 8.80. The molecule has 2 N–H and O–H groups in total. The number of aromatic nitrogens is 1. The molecule has 0 radical (unpaired) electrons. The Hall–Kier alpha value is -3.20. The summed E-state index contributed by atoms with van der Waals surface area (Å²) in [6.07, 6.45) is 2.81. The monoisotopic (exact) mass is 264 g/mol. The minimum absolute atomic E-state index is 0.200. The zero-order valence-electron chi connectivity index (χ0n) is 10.2. The van der Waals surface area contributed by atoms with E-state index >= 15 is 0 Å². The van der Waals surface area contributed by atoms with Gasteiger partial charge in [0.2, 0.25) is 0 Å². The van der Waals surface area contributed by atoms with Gasteiger partial charge in [-0.15, -0.1) is 0 Å². The summed E-state index contributed by atoms with van der Waals surface area (Å²) in [6.45, 7) is 0. The number of amides is 2. The van der Waals surface area contributed by atoms with E-state index in [1.807, 2.05) is 6.07 Å². The number of hydrogen-bond acceptors (Lipinski definition) is 5. The normalized spacial score (nSPS) is 13.2. The van der Waals surface area contributed by atoms with Crippen molar-refractivity contribution in [3.63, 3.8) is 0 Å². The van der Waals surface area contributed by atoms with Gasteiger partial charge in [0.05, 0.1) is 34.1 Å². The van der Waals surface area contributed by atoms with E-state index < -0.39 is 11.8 Å². The van der Waals surface area contributed by atoms with E-state index in [1.54, 1.807) is 0 Å². The van der Waals surface area contributed by atoms with Gasteiger partial charge in [-0.05, 0) is 24.3 Å². The zero-order valence-corrected chi connectivity index (χ0v) is 10.2. The van der Waals surface area contributed by atoms with E-state index in [0.29, 0.717) is 11.1 Å². The van der Waals surface area contributed by atoms with Crippen molar-refractivity contribution in [1.29, 1.82) is 5.26 Å². The first-order valence-corrected chi connectivity index (χ1v) is 5.76. The van der Waals surface area contributed by atoms with E-state index in [0.717, 1.165) is 4.90 Å². The number of carbonyl (C=O) groups excluding carboxylic acids is 2. The number of benzene rings is 1. The molecule has 1 aliphatic rings. The number of hydrogen-bond donors (Lipinski definition) is 1. The molecule has 1 aromatic heterocycles. The molecule has 2 aromatic rings. The van der Waals surface area contributed by atoms with Crippen molar-refractivity contribution >= 4 is 23.2 Å². The molecule has 6 heteroatoms. The molecule has 2 amide bonds. The van der Waals surface area contributed by atoms with E-state index in [4.69, 9.17) is 11.0 Å². The number of fused-ring (bicyclic) bond motifs is 1. The van der Waals surface area contributed by atoms with Crippen molar-refractivity contribution in [2.24, 2.45) is 0 Å². The maximum absolute atomic E-state index is 12.3. The third kappa shape index (κ3) is 1.54. The van der Waals surface area contributed by atoms with Crippen LogP contribution in [0.5, 0.6) is 0 Å². The van der Waals surface area contributed by atoms with Gasteiger partial charge in [0.25, 0.3) is 11.8 Å². The number of rotatable bonds is 1. The molecule has 0 saturated heterocycles. The molecule has 0 spiro atoms. The van der Waals surface area contributed by atoms with Gasteiger partial charge in [-0.3, -0.25) is 14.6 Å². The number of anilines is 2. The number of nitrogens with zero attached hydrogens (tertiary/aromatic N) is 3. The highest BCUT2D eigenvalue weighted by atomic mass is 16.2. The predicted octanol–water partition coefficient (Wildman–Crippen LogP) is 1.34. The Morgan fingerprint density at radius 1 is 1.15 bits per heavy atom. The standard InChI is InChI=1S/C14H8N4O2/c15-6-8-1-2-12(11(16)5-8)18-13(19)9-3-4-17-7-10(9)14(18)20/h1-5,7H,16H2. The number of carbonyl (C=O) groups is 2. The lowest BCUT2D eigenvalue weighted by Gasteiger charge is -2.16. The molecule has 96 valence electrons. The summed E-state index contributed by atoms with van der Waals surface area (Å²) >= 11 is 0. The molecule has 0 aliphatic carbocycles. The highest BCUT2D eigenvalue weighted by molar-refractivity contribution is 6.35. The summed E-state index contributed by atoms with van der Waals surface area (Å²) in [5.41, 5.74) is 7.21. The fourth-order valence-corrected chi connectivity index (χ4v) is 2.13. The Labute approximate surface area is 114 Å². The highest BCUT2D eigenvalue weighted by Crippen LogP contribution is 2.32. The van der Waals surface area contributed by atoms with Gasteiger partial charge >= 0.3 is 0 Å². The van der Waals surface area contributed by atoms with Crippen LogP contribution in [0.2, 0.25) is 0 Å². The largest absolute Gasteiger partial charge is 0.397 e. The van der Waals surface area contributed by atoms with E-state index in [9.17, 15) is 9.59 Å². The molecule has 20 heavy (non-hydrogen) atoms. The van der Waals surface area contributed by atoms with Crippen LogP contribution in [-0.2, 0) is 0 Å². The molecule has 2 heterocycles. The van der Waals surface area contributed by atoms with Gasteiger partial charge in [-0.25, -0.2) is 4.90 Å². The summed E-state index contributed by atoms with van der Waals surface area (Å²) < 4.78 is 0. The van der Waals surface area contributed by atoms with Crippen LogP contribution in [-0.4, -0.2) is 16.8 Å². The van der Waals surface area contributed by atoms with Crippen LogP contribution in [0.15, 0.2) is 36.7 Å². The molecule has 0 fully saturated rings. The predicted molar refractivity (Wildman–Crippen MR) is 70.9 cm³/mol. The second kappa shape index (κ2) is 4.17. The molecule has 0 unspecified atom stereocenters. The first-order chi connectivity index (χ1) is 9.63. The molecular weight excluding hydrogens is 256 g/mol. The van der Waals surface area contributed by atoms with Gasteiger partial charge in [-0.1, -0.05) is 0 Å². The molecule has 0 bridgehead atoms. The average molecular weight is 264 g/mol. The minimum Gasteiger partial charge on any atom is -0.397 e. The van der Waals surface area contributed by atoms with E-state index in [2.05, 4.69) is 4.98 Å². The highest BCUT2D eigenvalue weighted by Gasteiger charge is 2.37. The van der Waals surface area contributed by atoms with Crippen LogP contribution >= 0.6 is 0 Å². The zero-order chi connectivity index (χ0) is 14.3. The molecule has 0 atom stereocenters. The van der Waals surface area contributed by atoms with Crippen LogP contribution in [0.3, 0.4) is 0 Å². The number of pyridine rings is 1. The first-order valence-electron chi connectivity index (χ1n) is 5.76. The topological polar surface area (TPSA) is 100 Å². The van der Waals surface area contributed by atoms with Gasteiger partial charge in [0.15, 0.2) is 0 Å². The molecule has 0 saturated carbocycles. The van der Waals surface area contributed by atoms with Crippen LogP contribution in [0.25, 0.3) is 0 Å².